The molecule has 0 spiro atoms. The smallest absolute Gasteiger partial charge is 0.190 e. The van der Waals surface area contributed by atoms with Crippen molar-refractivity contribution < 1.29 is 4.79 Å². The van der Waals surface area contributed by atoms with E-state index in [0.29, 0.717) is 11.6 Å². The first kappa shape index (κ1) is 8.78. The Balaban J connectivity index is 2.24. The largest absolute Gasteiger partial charge is 0.358 e. The summed E-state index contributed by atoms with van der Waals surface area (Å²) in [6.07, 6.45) is 4.97. The monoisotopic (exact) mass is 170 g/mol. The van der Waals surface area contributed by atoms with E-state index in [-0.39, 0.29) is 0 Å². The van der Waals surface area contributed by atoms with Crippen LogP contribution in [0.1, 0.15) is 25.7 Å². The maximum absolute atomic E-state index is 11.2. The van der Waals surface area contributed by atoms with Gasteiger partial charge in [0.1, 0.15) is 0 Å². The Hall–Kier alpha value is -0.313. The van der Waals surface area contributed by atoms with Gasteiger partial charge in [-0.3, -0.25) is 4.79 Å². The van der Waals surface area contributed by atoms with Crippen molar-refractivity contribution in [3.63, 3.8) is 0 Å². The lowest BCUT2D eigenvalue weighted by molar-refractivity contribution is 0.255. The van der Waals surface area contributed by atoms with E-state index in [2.05, 4.69) is 5.32 Å². The van der Waals surface area contributed by atoms with Gasteiger partial charge in [-0.2, -0.15) is 0 Å². The summed E-state index contributed by atoms with van der Waals surface area (Å²) in [4.78, 5) is 11.2. The van der Waals surface area contributed by atoms with Crippen molar-refractivity contribution in [1.82, 2.24) is 5.32 Å². The van der Waals surface area contributed by atoms with E-state index in [1.807, 2.05) is 13.1 Å². The van der Waals surface area contributed by atoms with Gasteiger partial charge in [0.25, 0.3) is 0 Å². The molecule has 0 aliphatic heterocycles. The molecule has 1 amide bonds. The number of hydrogen-bond donors (Lipinski definition) is 1. The van der Waals surface area contributed by atoms with Gasteiger partial charge in [-0.1, -0.05) is 25.9 Å². The molecule has 1 fully saturated rings. The molecule has 63 valence electrons. The normalized spacial score (nSPS) is 19.2. The zero-order chi connectivity index (χ0) is 8.27. The highest BCUT2D eigenvalue weighted by Gasteiger charge is 2.18. The predicted molar refractivity (Wildman–Crippen MR) is 48.3 cm³/mol. The quantitative estimate of drug-likeness (QED) is 0.631. The van der Waals surface area contributed by atoms with Gasteiger partial charge in [-0.15, -0.1) is 0 Å². The molecule has 1 radical (unpaired) electrons. The minimum Gasteiger partial charge on any atom is -0.358 e. The summed E-state index contributed by atoms with van der Waals surface area (Å²) in [7, 11) is -0.749. The molecule has 0 unspecified atom stereocenters. The molecule has 0 aromatic rings. The van der Waals surface area contributed by atoms with Crippen molar-refractivity contribution >= 4 is 14.3 Å². The Morgan fingerprint density at radius 1 is 1.36 bits per heavy atom. The summed E-state index contributed by atoms with van der Waals surface area (Å²) in [5.41, 5.74) is 0.307. The lowest BCUT2D eigenvalue weighted by atomic mass is 10.3. The van der Waals surface area contributed by atoms with Crippen molar-refractivity contribution in [1.29, 1.82) is 0 Å². The van der Waals surface area contributed by atoms with Crippen LogP contribution < -0.4 is 5.32 Å². The number of rotatable bonds is 2. The molecule has 0 saturated heterocycles. The van der Waals surface area contributed by atoms with Crippen LogP contribution in [0.15, 0.2) is 0 Å². The summed E-state index contributed by atoms with van der Waals surface area (Å²) < 4.78 is 0. The fourth-order valence-electron chi connectivity index (χ4n) is 1.40. The fourth-order valence-corrected chi connectivity index (χ4v) is 1.89. The zero-order valence-electron chi connectivity index (χ0n) is 7.31. The number of hydrogen-bond acceptors (Lipinski definition) is 1. The van der Waals surface area contributed by atoms with Crippen LogP contribution in [0.3, 0.4) is 0 Å². The average molecular weight is 170 g/mol. The molecule has 1 rings (SSSR count). The molecule has 1 aliphatic rings. The van der Waals surface area contributed by atoms with Crippen molar-refractivity contribution in [3.05, 3.63) is 0 Å². The van der Waals surface area contributed by atoms with Crippen LogP contribution in [0.2, 0.25) is 13.1 Å². The summed E-state index contributed by atoms with van der Waals surface area (Å²) in [5.74, 6) is 0. The molecule has 11 heavy (non-hydrogen) atoms. The van der Waals surface area contributed by atoms with Crippen LogP contribution in [0, 0.1) is 0 Å². The van der Waals surface area contributed by atoms with E-state index in [1.54, 1.807) is 0 Å². The van der Waals surface area contributed by atoms with Gasteiger partial charge >= 0.3 is 0 Å². The van der Waals surface area contributed by atoms with Crippen LogP contribution in [0.5, 0.6) is 0 Å². The third kappa shape index (κ3) is 2.65. The van der Waals surface area contributed by atoms with Crippen molar-refractivity contribution in [3.8, 4) is 0 Å². The van der Waals surface area contributed by atoms with Crippen LogP contribution in [0.4, 0.5) is 4.79 Å². The molecule has 0 heterocycles. The third-order valence-electron chi connectivity index (χ3n) is 2.14. The van der Waals surface area contributed by atoms with Crippen LogP contribution in [0.25, 0.3) is 0 Å². The van der Waals surface area contributed by atoms with Gasteiger partial charge in [0.2, 0.25) is 0 Å². The van der Waals surface area contributed by atoms with E-state index >= 15 is 0 Å². The van der Waals surface area contributed by atoms with E-state index in [1.165, 1.54) is 25.7 Å². The predicted octanol–water partition coefficient (Wildman–Crippen LogP) is 1.97. The first-order chi connectivity index (χ1) is 5.20. The first-order valence-electron chi connectivity index (χ1n) is 4.31. The lowest BCUT2D eigenvalue weighted by Crippen LogP contribution is -2.38. The Bertz CT molecular complexity index is 141. The first-order valence-corrected chi connectivity index (χ1v) is 6.81. The molecule has 0 aromatic heterocycles. The molecule has 0 aromatic carbocycles. The minimum absolute atomic E-state index is 0.307. The molecule has 3 heteroatoms. The summed E-state index contributed by atoms with van der Waals surface area (Å²) in [5, 5.41) is 3.08. The zero-order valence-corrected chi connectivity index (χ0v) is 8.31. The Morgan fingerprint density at radius 2 is 1.91 bits per heavy atom. The molecule has 1 aliphatic carbocycles. The molecular weight excluding hydrogens is 154 g/mol. The average Bonchev–Trinajstić information content (AvgIpc) is 2.39. The van der Waals surface area contributed by atoms with Crippen molar-refractivity contribution in [2.24, 2.45) is 0 Å². The SMILES string of the molecule is C[Si](C)C(=O)NC1CCCC1. The molecule has 1 saturated carbocycles. The van der Waals surface area contributed by atoms with Crippen LogP contribution in [-0.4, -0.2) is 20.4 Å². The van der Waals surface area contributed by atoms with E-state index in [9.17, 15) is 4.79 Å². The standard InChI is InChI=1S/C8H16NOSi/c1-11(2)8(10)9-7-5-3-4-6-7/h7H,3-6H2,1-2H3,(H,9,10). The van der Waals surface area contributed by atoms with Gasteiger partial charge in [-0.05, 0) is 12.8 Å². The van der Waals surface area contributed by atoms with Crippen LogP contribution >= 0.6 is 0 Å². The Kier molecular flexibility index (Phi) is 3.11. The highest BCUT2D eigenvalue weighted by molar-refractivity contribution is 6.87. The number of carbonyl (C=O) groups is 1. The highest BCUT2D eigenvalue weighted by atomic mass is 28.3. The van der Waals surface area contributed by atoms with Gasteiger partial charge in [0.15, 0.2) is 14.3 Å². The van der Waals surface area contributed by atoms with E-state index < -0.39 is 8.80 Å². The van der Waals surface area contributed by atoms with Gasteiger partial charge in [0.05, 0.1) is 0 Å². The molecule has 1 N–H and O–H groups in total. The van der Waals surface area contributed by atoms with Gasteiger partial charge in [0, 0.05) is 6.04 Å². The molecule has 0 bridgehead atoms. The van der Waals surface area contributed by atoms with Gasteiger partial charge in [-0.25, -0.2) is 0 Å². The van der Waals surface area contributed by atoms with Crippen molar-refractivity contribution in [2.75, 3.05) is 0 Å². The maximum Gasteiger partial charge on any atom is 0.190 e. The highest BCUT2D eigenvalue weighted by Crippen LogP contribution is 2.17. The van der Waals surface area contributed by atoms with Crippen molar-refractivity contribution in [2.45, 2.75) is 44.8 Å². The Morgan fingerprint density at radius 3 is 2.36 bits per heavy atom. The number of carbonyl (C=O) groups excluding carboxylic acids is 1. The fraction of sp³-hybridized carbons (Fsp3) is 0.875. The summed E-state index contributed by atoms with van der Waals surface area (Å²) >= 11 is 0. The molecule has 2 nitrogen and oxygen atoms in total. The van der Waals surface area contributed by atoms with E-state index in [0.717, 1.165) is 0 Å². The molecule has 0 atom stereocenters. The summed E-state index contributed by atoms with van der Waals surface area (Å²) in [6, 6.07) is 0.502. The Labute approximate surface area is 70.0 Å². The van der Waals surface area contributed by atoms with Crippen LogP contribution in [-0.2, 0) is 0 Å². The topological polar surface area (TPSA) is 29.1 Å². The number of nitrogens with one attached hydrogen (secondary N) is 1. The maximum atomic E-state index is 11.2. The lowest BCUT2D eigenvalue weighted by Gasteiger charge is -2.12. The second kappa shape index (κ2) is 3.90. The minimum atomic E-state index is -0.749. The second-order valence-electron chi connectivity index (χ2n) is 3.45. The molecular formula is C8H16NOSi. The number of amides is 1. The second-order valence-corrected chi connectivity index (χ2v) is 5.91. The summed E-state index contributed by atoms with van der Waals surface area (Å²) in [6.45, 7) is 4.07. The van der Waals surface area contributed by atoms with Gasteiger partial charge < -0.3 is 5.32 Å². The van der Waals surface area contributed by atoms with E-state index in [4.69, 9.17) is 0 Å². The third-order valence-corrected chi connectivity index (χ3v) is 3.20.